The number of H-pyrrole nitrogens is 1. The molecule has 132 valence electrons. The molecule has 2 unspecified atom stereocenters. The average Bonchev–Trinajstić information content (AvgIpc) is 3.19. The van der Waals surface area contributed by atoms with Crippen molar-refractivity contribution < 1.29 is 9.90 Å². The van der Waals surface area contributed by atoms with Crippen molar-refractivity contribution >= 4 is 17.1 Å². The lowest BCUT2D eigenvalue weighted by molar-refractivity contribution is 0.0592. The van der Waals surface area contributed by atoms with Gasteiger partial charge in [0.05, 0.1) is 29.8 Å². The summed E-state index contributed by atoms with van der Waals surface area (Å²) in [5.74, 6) is 0.676. The molecule has 0 aliphatic carbocycles. The number of aromatic nitrogens is 4. The van der Waals surface area contributed by atoms with E-state index in [1.54, 1.807) is 31.0 Å². The highest BCUT2D eigenvalue weighted by atomic mass is 16.3. The lowest BCUT2D eigenvalue weighted by Gasteiger charge is -2.23. The third-order valence-corrected chi connectivity index (χ3v) is 4.09. The van der Waals surface area contributed by atoms with Crippen LogP contribution in [0, 0.1) is 0 Å². The van der Waals surface area contributed by atoms with Gasteiger partial charge in [0.25, 0.3) is 0 Å². The number of para-hydroxylation sites is 2. The lowest BCUT2D eigenvalue weighted by Crippen LogP contribution is -2.44. The van der Waals surface area contributed by atoms with Gasteiger partial charge < -0.3 is 20.7 Å². The lowest BCUT2D eigenvalue weighted by atomic mass is 10.00. The fraction of sp³-hybridized carbons (Fsp3) is 0.353. The summed E-state index contributed by atoms with van der Waals surface area (Å²) in [5.41, 5.74) is 1.21. The van der Waals surface area contributed by atoms with Gasteiger partial charge in [-0.2, -0.15) is 5.10 Å². The van der Waals surface area contributed by atoms with Gasteiger partial charge in [0.2, 0.25) is 0 Å². The van der Waals surface area contributed by atoms with Crippen molar-refractivity contribution in [2.75, 3.05) is 6.54 Å². The number of hydrogen-bond donors (Lipinski definition) is 4. The molecule has 3 aromatic rings. The Morgan fingerprint density at radius 1 is 1.44 bits per heavy atom. The fourth-order valence-corrected chi connectivity index (χ4v) is 2.55. The first kappa shape index (κ1) is 17.0. The number of hydrogen-bond acceptors (Lipinski definition) is 4. The first-order chi connectivity index (χ1) is 11.8. The minimum Gasteiger partial charge on any atom is -0.383 e. The molecule has 0 fully saturated rings. The summed E-state index contributed by atoms with van der Waals surface area (Å²) >= 11 is 0. The molecule has 2 heterocycles. The highest BCUT2D eigenvalue weighted by molar-refractivity contribution is 5.76. The van der Waals surface area contributed by atoms with Crippen molar-refractivity contribution in [2.45, 2.75) is 25.5 Å². The van der Waals surface area contributed by atoms with Gasteiger partial charge >= 0.3 is 6.03 Å². The zero-order valence-electron chi connectivity index (χ0n) is 14.4. The third kappa shape index (κ3) is 3.80. The van der Waals surface area contributed by atoms with Crippen molar-refractivity contribution in [3.8, 4) is 0 Å². The molecule has 2 amide bonds. The summed E-state index contributed by atoms with van der Waals surface area (Å²) in [4.78, 5) is 19.8. The van der Waals surface area contributed by atoms with E-state index in [1.165, 1.54) is 0 Å². The molecule has 0 bridgehead atoms. The number of urea groups is 1. The van der Waals surface area contributed by atoms with Gasteiger partial charge in [-0.25, -0.2) is 9.78 Å². The van der Waals surface area contributed by atoms with Gasteiger partial charge in [-0.15, -0.1) is 0 Å². The van der Waals surface area contributed by atoms with Crippen molar-refractivity contribution in [2.24, 2.45) is 7.05 Å². The molecule has 0 saturated carbocycles. The van der Waals surface area contributed by atoms with Gasteiger partial charge in [-0.1, -0.05) is 12.1 Å². The molecule has 2 aromatic heterocycles. The Balaban J connectivity index is 1.58. The van der Waals surface area contributed by atoms with Crippen LogP contribution in [0.1, 0.15) is 31.3 Å². The Hall–Kier alpha value is -2.87. The molecule has 25 heavy (non-hydrogen) atoms. The summed E-state index contributed by atoms with van der Waals surface area (Å²) < 4.78 is 1.60. The highest BCUT2D eigenvalue weighted by Gasteiger charge is 2.25. The van der Waals surface area contributed by atoms with Crippen LogP contribution in [0.15, 0.2) is 36.7 Å². The summed E-state index contributed by atoms with van der Waals surface area (Å²) in [5, 5.41) is 20.0. The average molecular weight is 342 g/mol. The van der Waals surface area contributed by atoms with E-state index in [0.717, 1.165) is 11.0 Å². The van der Waals surface area contributed by atoms with Crippen molar-refractivity contribution in [1.29, 1.82) is 0 Å². The Morgan fingerprint density at radius 3 is 2.88 bits per heavy atom. The summed E-state index contributed by atoms with van der Waals surface area (Å²) in [7, 11) is 1.77. The van der Waals surface area contributed by atoms with E-state index in [9.17, 15) is 9.90 Å². The van der Waals surface area contributed by atoms with Gasteiger partial charge in [0, 0.05) is 18.8 Å². The topological polar surface area (TPSA) is 108 Å². The predicted octanol–water partition coefficient (Wildman–Crippen LogP) is 1.56. The number of nitrogens with one attached hydrogen (secondary N) is 3. The summed E-state index contributed by atoms with van der Waals surface area (Å²) in [6, 6.07) is 7.01. The normalized spacial score (nSPS) is 14.9. The minimum atomic E-state index is -1.20. The Bertz CT molecular complexity index is 849. The van der Waals surface area contributed by atoms with E-state index in [2.05, 4.69) is 25.7 Å². The van der Waals surface area contributed by atoms with Crippen molar-refractivity contribution in [3.63, 3.8) is 0 Å². The van der Waals surface area contributed by atoms with Crippen LogP contribution in [0.3, 0.4) is 0 Å². The van der Waals surface area contributed by atoms with Crippen LogP contribution < -0.4 is 10.6 Å². The van der Waals surface area contributed by atoms with Gasteiger partial charge in [-0.05, 0) is 26.0 Å². The van der Waals surface area contributed by atoms with Gasteiger partial charge in [0.15, 0.2) is 0 Å². The van der Waals surface area contributed by atoms with Crippen molar-refractivity contribution in [1.82, 2.24) is 30.4 Å². The van der Waals surface area contributed by atoms with E-state index in [4.69, 9.17) is 0 Å². The standard InChI is InChI=1S/C17H22N6O2/c1-11(15-21-13-6-4-5-7-14(13)22-15)20-16(24)18-10-17(2,25)12-8-19-23(3)9-12/h4-9,11,25H,10H2,1-3H3,(H,21,22)(H2,18,20,24). The smallest absolute Gasteiger partial charge is 0.315 e. The van der Waals surface area contributed by atoms with Crippen LogP contribution >= 0.6 is 0 Å². The van der Waals surface area contributed by atoms with Gasteiger partial charge in [0.1, 0.15) is 11.4 Å². The van der Waals surface area contributed by atoms with Crippen LogP contribution in [-0.4, -0.2) is 37.4 Å². The maximum atomic E-state index is 12.1. The molecule has 0 aliphatic heterocycles. The molecule has 0 aliphatic rings. The minimum absolute atomic E-state index is 0.0668. The predicted molar refractivity (Wildman–Crippen MR) is 93.8 cm³/mol. The van der Waals surface area contributed by atoms with Crippen LogP contribution in [0.25, 0.3) is 11.0 Å². The number of aryl methyl sites for hydroxylation is 1. The number of aliphatic hydroxyl groups is 1. The molecule has 0 spiro atoms. The second-order valence-corrected chi connectivity index (χ2v) is 6.36. The largest absolute Gasteiger partial charge is 0.383 e. The Labute approximate surface area is 145 Å². The monoisotopic (exact) mass is 342 g/mol. The zero-order chi connectivity index (χ0) is 18.0. The number of amides is 2. The molecule has 3 rings (SSSR count). The maximum absolute atomic E-state index is 12.1. The molecule has 8 heteroatoms. The van der Waals surface area contributed by atoms with Crippen LogP contribution in [0.4, 0.5) is 4.79 Å². The molecule has 0 radical (unpaired) electrons. The Morgan fingerprint density at radius 2 is 2.20 bits per heavy atom. The number of imidazole rings is 1. The number of benzene rings is 1. The number of nitrogens with zero attached hydrogens (tertiary/aromatic N) is 3. The van der Waals surface area contributed by atoms with Gasteiger partial charge in [-0.3, -0.25) is 4.68 Å². The molecule has 8 nitrogen and oxygen atoms in total. The second-order valence-electron chi connectivity index (χ2n) is 6.36. The van der Waals surface area contributed by atoms with Crippen LogP contribution in [0.5, 0.6) is 0 Å². The second kappa shape index (κ2) is 6.56. The van der Waals surface area contributed by atoms with E-state index < -0.39 is 5.60 Å². The third-order valence-electron chi connectivity index (χ3n) is 4.09. The van der Waals surface area contributed by atoms with Crippen LogP contribution in [-0.2, 0) is 12.6 Å². The number of carbonyl (C=O) groups is 1. The molecule has 2 atom stereocenters. The highest BCUT2D eigenvalue weighted by Crippen LogP contribution is 2.19. The fourth-order valence-electron chi connectivity index (χ4n) is 2.55. The first-order valence-corrected chi connectivity index (χ1v) is 8.06. The van der Waals surface area contributed by atoms with Crippen LogP contribution in [0.2, 0.25) is 0 Å². The number of fused-ring (bicyclic) bond motifs is 1. The molecule has 4 N–H and O–H groups in total. The van der Waals surface area contributed by atoms with E-state index in [-0.39, 0.29) is 18.6 Å². The van der Waals surface area contributed by atoms with E-state index in [0.29, 0.717) is 11.4 Å². The van der Waals surface area contributed by atoms with E-state index in [1.807, 2.05) is 31.2 Å². The molecular formula is C17H22N6O2. The number of rotatable bonds is 5. The molecule has 0 saturated heterocycles. The quantitative estimate of drug-likeness (QED) is 0.564. The molecular weight excluding hydrogens is 320 g/mol. The zero-order valence-corrected chi connectivity index (χ0v) is 14.4. The Kier molecular flexibility index (Phi) is 4.45. The summed E-state index contributed by atoms with van der Waals surface area (Å²) in [6.45, 7) is 3.54. The maximum Gasteiger partial charge on any atom is 0.315 e. The summed E-state index contributed by atoms with van der Waals surface area (Å²) in [6.07, 6.45) is 3.30. The first-order valence-electron chi connectivity index (χ1n) is 8.06. The SMILES string of the molecule is CC(NC(=O)NCC(C)(O)c1cnn(C)c1)c1nc2ccccc2[nH]1. The van der Waals surface area contributed by atoms with Crippen molar-refractivity contribution in [3.05, 3.63) is 48.0 Å². The number of aromatic amines is 1. The molecule has 1 aromatic carbocycles. The number of carbonyl (C=O) groups excluding carboxylic acids is 1. The van der Waals surface area contributed by atoms with E-state index >= 15 is 0 Å².